The van der Waals surface area contributed by atoms with E-state index in [0.717, 1.165) is 25.0 Å². The maximum Gasteiger partial charge on any atom is 0.425 e. The summed E-state index contributed by atoms with van der Waals surface area (Å²) in [5.74, 6) is -3.41. The molecule has 0 aliphatic rings. The second kappa shape index (κ2) is 19.9. The molecule has 0 atom stereocenters. The molecule has 6 heterocycles. The van der Waals surface area contributed by atoms with Crippen LogP contribution in [0.2, 0.25) is 0 Å². The van der Waals surface area contributed by atoms with Crippen molar-refractivity contribution in [2.75, 3.05) is 10.6 Å². The van der Waals surface area contributed by atoms with Gasteiger partial charge in [0.2, 0.25) is 11.8 Å². The van der Waals surface area contributed by atoms with Gasteiger partial charge in [0.15, 0.2) is 17.1 Å². The summed E-state index contributed by atoms with van der Waals surface area (Å²) in [5.41, 5.74) is 0.257. The van der Waals surface area contributed by atoms with Crippen LogP contribution in [0.15, 0.2) is 49.3 Å². The topological polar surface area (TPSA) is 213 Å². The number of imide groups is 1. The van der Waals surface area contributed by atoms with E-state index in [-0.39, 0.29) is 31.7 Å². The standard InChI is InChI=1S/C23H24F6N6O5.C13H8F6N6O.2CH4/c1-20(2,3)39-18(36)35(19(37)40-21(4,5)6)16-14-15(31-11-32-16)34(10-22(24,25)26)33-17(14)38-13-9-12(7-8-30-13)23(27,28)29;14-12(15,16)4-25-10-8(9(20)22-5-23-10)11(24-25)26-7-3-6(1-2-21-7)13(17,18)19;;/h7-9,11H,10H2,1-6H3;1-3,5H,4H2,(H2,20,22,23);2*1H4. The minimum atomic E-state index is -4.83. The molecule has 0 radical (unpaired) electrons. The number of aromatic nitrogens is 10. The summed E-state index contributed by atoms with van der Waals surface area (Å²) in [5, 5.41) is 6.58. The number of carbonyl (C=O) groups is 2. The Balaban J connectivity index is 0.000000379. The number of anilines is 2. The Kier molecular flexibility index (Phi) is 16.1. The van der Waals surface area contributed by atoms with Crippen LogP contribution in [-0.2, 0) is 34.9 Å². The second-order valence-electron chi connectivity index (χ2n) is 15.3. The zero-order chi connectivity index (χ0) is 49.4. The van der Waals surface area contributed by atoms with Gasteiger partial charge in [-0.1, -0.05) is 14.9 Å². The molecule has 372 valence electrons. The number of halogens is 12. The van der Waals surface area contributed by atoms with Crippen molar-refractivity contribution >= 4 is 45.9 Å². The maximum absolute atomic E-state index is 13.3. The van der Waals surface area contributed by atoms with Gasteiger partial charge in [0.05, 0.1) is 11.1 Å². The monoisotopic (exact) mass is 988 g/mol. The van der Waals surface area contributed by atoms with Crippen molar-refractivity contribution in [3.8, 4) is 23.5 Å². The van der Waals surface area contributed by atoms with E-state index in [2.05, 4.69) is 40.1 Å². The van der Waals surface area contributed by atoms with Gasteiger partial charge in [-0.15, -0.1) is 10.2 Å². The van der Waals surface area contributed by atoms with Crippen LogP contribution in [0.5, 0.6) is 23.5 Å². The third kappa shape index (κ3) is 14.3. The van der Waals surface area contributed by atoms with E-state index < -0.39 is 113 Å². The Hall–Kier alpha value is -7.30. The van der Waals surface area contributed by atoms with Crippen molar-refractivity contribution in [2.45, 2.75) is 105 Å². The molecule has 2 amide bonds. The van der Waals surface area contributed by atoms with Crippen LogP contribution >= 0.6 is 0 Å². The fourth-order valence-corrected chi connectivity index (χ4v) is 5.18. The fourth-order valence-electron chi connectivity index (χ4n) is 5.18. The van der Waals surface area contributed by atoms with E-state index in [1.807, 2.05) is 0 Å². The number of rotatable bonds is 7. The van der Waals surface area contributed by atoms with Crippen LogP contribution in [0.3, 0.4) is 0 Å². The number of pyridine rings is 2. The van der Waals surface area contributed by atoms with Crippen molar-refractivity contribution in [2.24, 2.45) is 0 Å². The predicted molar refractivity (Wildman–Crippen MR) is 214 cm³/mol. The highest BCUT2D eigenvalue weighted by molar-refractivity contribution is 6.14. The summed E-state index contributed by atoms with van der Waals surface area (Å²) in [6.45, 7) is 5.72. The number of fused-ring (bicyclic) bond motifs is 2. The van der Waals surface area contributed by atoms with Crippen LogP contribution < -0.4 is 20.1 Å². The Morgan fingerprint density at radius 1 is 0.588 bits per heavy atom. The normalized spacial score (nSPS) is 12.3. The van der Waals surface area contributed by atoms with Crippen molar-refractivity contribution in [3.05, 3.63) is 60.4 Å². The average Bonchev–Trinajstić information content (AvgIpc) is 3.66. The first-order chi connectivity index (χ1) is 30.2. The summed E-state index contributed by atoms with van der Waals surface area (Å²) in [6, 6.07) is 2.42. The lowest BCUT2D eigenvalue weighted by molar-refractivity contribution is -0.142. The molecule has 0 aromatic carbocycles. The molecule has 6 aromatic rings. The summed E-state index contributed by atoms with van der Waals surface area (Å²) in [7, 11) is 0. The predicted octanol–water partition coefficient (Wildman–Crippen LogP) is 10.7. The fraction of sp³-hybridized carbons (Fsp3) is 0.421. The molecule has 0 bridgehead atoms. The Labute approximate surface area is 376 Å². The second-order valence-corrected chi connectivity index (χ2v) is 15.3. The first-order valence-electron chi connectivity index (χ1n) is 18.2. The zero-order valence-electron chi connectivity index (χ0n) is 34.5. The van der Waals surface area contributed by atoms with Crippen molar-refractivity contribution in [1.29, 1.82) is 0 Å². The molecule has 0 aliphatic carbocycles. The molecule has 2 N–H and O–H groups in total. The van der Waals surface area contributed by atoms with Gasteiger partial charge in [0.1, 0.15) is 53.5 Å². The molecule has 0 fully saturated rings. The molecule has 6 aromatic heterocycles. The lowest BCUT2D eigenvalue weighted by atomic mass is 10.2. The summed E-state index contributed by atoms with van der Waals surface area (Å²) in [6.07, 6.45) is -18.3. The molecule has 0 unspecified atom stereocenters. The SMILES string of the molecule is C.C.CC(C)(C)OC(=O)N(C(=O)OC(C)(C)C)c1ncnc2c1c(Oc1cc(C(F)(F)F)ccn1)nn2CC(F)(F)F.Nc1ncnc2c1c(Oc1cc(C(F)(F)F)ccn1)nn2CC(F)(F)F. The molecule has 0 spiro atoms. The van der Waals surface area contributed by atoms with Gasteiger partial charge in [-0.25, -0.2) is 48.9 Å². The number of amides is 2. The molecule has 0 saturated heterocycles. The number of nitrogen functional groups attached to an aromatic ring is 1. The van der Waals surface area contributed by atoms with Crippen LogP contribution in [0.4, 0.5) is 73.9 Å². The maximum atomic E-state index is 13.3. The highest BCUT2D eigenvalue weighted by atomic mass is 19.4. The number of nitrogens with zero attached hydrogens (tertiary/aromatic N) is 11. The molecule has 6 rings (SSSR count). The molecule has 0 saturated carbocycles. The van der Waals surface area contributed by atoms with Gasteiger partial charge >= 0.3 is 36.9 Å². The minimum absolute atomic E-state index is 0. The van der Waals surface area contributed by atoms with Gasteiger partial charge in [-0.05, 0) is 53.7 Å². The van der Waals surface area contributed by atoms with Crippen LogP contribution in [0.25, 0.3) is 22.1 Å². The molecule has 18 nitrogen and oxygen atoms in total. The van der Waals surface area contributed by atoms with Crippen molar-refractivity contribution in [3.63, 3.8) is 0 Å². The van der Waals surface area contributed by atoms with E-state index in [1.54, 1.807) is 0 Å². The molecule has 0 aliphatic heterocycles. The number of nitrogens with two attached hydrogens (primary N) is 1. The molecule has 30 heteroatoms. The number of alkyl halides is 12. The quantitative estimate of drug-likeness (QED) is 0.147. The minimum Gasteiger partial charge on any atom is -0.443 e. The molecular formula is C38H40F12N12O6. The first kappa shape index (κ1) is 55.0. The Morgan fingerprint density at radius 2 is 0.971 bits per heavy atom. The van der Waals surface area contributed by atoms with Crippen LogP contribution in [-0.4, -0.2) is 85.2 Å². The van der Waals surface area contributed by atoms with Crippen LogP contribution in [0.1, 0.15) is 67.5 Å². The van der Waals surface area contributed by atoms with Crippen molar-refractivity contribution < 1.29 is 81.2 Å². The van der Waals surface area contributed by atoms with E-state index >= 15 is 0 Å². The number of hydrogen-bond donors (Lipinski definition) is 1. The smallest absolute Gasteiger partial charge is 0.425 e. The van der Waals surface area contributed by atoms with E-state index in [1.165, 1.54) is 41.5 Å². The lowest BCUT2D eigenvalue weighted by Crippen LogP contribution is -2.44. The number of hydrogen-bond acceptors (Lipinski definition) is 15. The largest absolute Gasteiger partial charge is 0.443 e. The van der Waals surface area contributed by atoms with Crippen LogP contribution in [0, 0.1) is 0 Å². The summed E-state index contributed by atoms with van der Waals surface area (Å²) >= 11 is 0. The Morgan fingerprint density at radius 3 is 1.35 bits per heavy atom. The van der Waals surface area contributed by atoms with E-state index in [4.69, 9.17) is 24.7 Å². The number of ether oxygens (including phenoxy) is 4. The average molecular weight is 989 g/mol. The van der Waals surface area contributed by atoms with Gasteiger partial charge in [0.25, 0.3) is 11.8 Å². The highest BCUT2D eigenvalue weighted by Crippen LogP contribution is 2.39. The first-order valence-corrected chi connectivity index (χ1v) is 18.2. The number of carbonyl (C=O) groups excluding carboxylic acids is 2. The Bertz CT molecular complexity index is 2700. The zero-order valence-corrected chi connectivity index (χ0v) is 34.5. The summed E-state index contributed by atoms with van der Waals surface area (Å²) < 4.78 is 178. The van der Waals surface area contributed by atoms with Gasteiger partial charge in [-0.3, -0.25) is 0 Å². The van der Waals surface area contributed by atoms with Gasteiger partial charge in [0, 0.05) is 24.5 Å². The van der Waals surface area contributed by atoms with E-state index in [9.17, 15) is 62.3 Å². The summed E-state index contributed by atoms with van der Waals surface area (Å²) in [4.78, 5) is 48.8. The molecule has 68 heavy (non-hydrogen) atoms. The van der Waals surface area contributed by atoms with Gasteiger partial charge < -0.3 is 24.7 Å². The van der Waals surface area contributed by atoms with Gasteiger partial charge in [-0.2, -0.15) is 57.6 Å². The molecular weight excluding hydrogens is 948 g/mol. The third-order valence-corrected chi connectivity index (χ3v) is 7.55. The third-order valence-electron chi connectivity index (χ3n) is 7.55. The van der Waals surface area contributed by atoms with E-state index in [0.29, 0.717) is 38.5 Å². The lowest BCUT2D eigenvalue weighted by Gasteiger charge is -2.28. The highest BCUT2D eigenvalue weighted by Gasteiger charge is 2.39. The van der Waals surface area contributed by atoms with Crippen molar-refractivity contribution in [1.82, 2.24) is 49.5 Å².